The first-order valence-electron chi connectivity index (χ1n) is 11.1. The number of amides is 2. The number of alkyl halides is 6. The van der Waals surface area contributed by atoms with Crippen LogP contribution in [0.2, 0.25) is 0 Å². The third-order valence-corrected chi connectivity index (χ3v) is 4.98. The SMILES string of the molecule is CC(=O)NC(CC(C)C)C(=O)N[C@@H](CCC(=O)O)C(=O)COC(=O)c1c(C(F)(F)F)cccc1C(F)(F)F. The molecule has 9 nitrogen and oxygen atoms in total. The number of benzene rings is 1. The number of hydrogen-bond acceptors (Lipinski definition) is 6. The Balaban J connectivity index is 3.19. The number of aliphatic carboxylic acids is 1. The van der Waals surface area contributed by atoms with Crippen molar-refractivity contribution >= 4 is 29.5 Å². The maximum Gasteiger partial charge on any atom is 0.417 e. The molecule has 0 spiro atoms. The van der Waals surface area contributed by atoms with Crippen LogP contribution in [-0.2, 0) is 36.3 Å². The van der Waals surface area contributed by atoms with E-state index in [0.717, 1.165) is 6.92 Å². The van der Waals surface area contributed by atoms with Crippen molar-refractivity contribution in [2.24, 2.45) is 5.92 Å². The average molecular weight is 556 g/mol. The summed E-state index contributed by atoms with van der Waals surface area (Å²) in [6, 6.07) is -1.85. The zero-order valence-corrected chi connectivity index (χ0v) is 20.5. The summed E-state index contributed by atoms with van der Waals surface area (Å²) < 4.78 is 84.3. The summed E-state index contributed by atoms with van der Waals surface area (Å²) in [6.45, 7) is 3.20. The first-order valence-corrected chi connectivity index (χ1v) is 11.1. The number of ketones is 1. The summed E-state index contributed by atoms with van der Waals surface area (Å²) in [5.41, 5.74) is -5.73. The highest BCUT2D eigenvalue weighted by molar-refractivity contribution is 5.97. The van der Waals surface area contributed by atoms with E-state index in [4.69, 9.17) is 5.11 Å². The van der Waals surface area contributed by atoms with Gasteiger partial charge in [-0.1, -0.05) is 19.9 Å². The fourth-order valence-corrected chi connectivity index (χ4v) is 3.36. The molecule has 2 atom stereocenters. The number of hydrogen-bond donors (Lipinski definition) is 3. The van der Waals surface area contributed by atoms with E-state index in [1.165, 1.54) is 0 Å². The number of rotatable bonds is 12. The molecule has 0 aliphatic heterocycles. The maximum absolute atomic E-state index is 13.3. The third kappa shape index (κ3) is 10.0. The Morgan fingerprint density at radius 3 is 1.87 bits per heavy atom. The van der Waals surface area contributed by atoms with Crippen LogP contribution in [0.15, 0.2) is 18.2 Å². The molecule has 0 bridgehead atoms. The minimum absolute atomic E-state index is 0.108. The maximum atomic E-state index is 13.3. The minimum atomic E-state index is -5.37. The Morgan fingerprint density at radius 2 is 1.45 bits per heavy atom. The lowest BCUT2D eigenvalue weighted by Gasteiger charge is -2.23. The van der Waals surface area contributed by atoms with E-state index in [1.807, 2.05) is 0 Å². The smallest absolute Gasteiger partial charge is 0.417 e. The Kier molecular flexibility index (Phi) is 11.3. The average Bonchev–Trinajstić information content (AvgIpc) is 2.76. The van der Waals surface area contributed by atoms with Crippen LogP contribution in [0.25, 0.3) is 0 Å². The molecule has 1 rings (SSSR count). The van der Waals surface area contributed by atoms with Gasteiger partial charge in [0.05, 0.1) is 22.7 Å². The van der Waals surface area contributed by atoms with Gasteiger partial charge >= 0.3 is 24.3 Å². The number of carbonyl (C=O) groups is 5. The van der Waals surface area contributed by atoms with E-state index >= 15 is 0 Å². The molecular weight excluding hydrogens is 530 g/mol. The van der Waals surface area contributed by atoms with Crippen LogP contribution < -0.4 is 10.6 Å². The van der Waals surface area contributed by atoms with Gasteiger partial charge in [-0.05, 0) is 30.9 Å². The van der Waals surface area contributed by atoms with Crippen LogP contribution in [0.1, 0.15) is 61.5 Å². The Bertz CT molecular complexity index is 1020. The third-order valence-electron chi connectivity index (χ3n) is 4.98. The van der Waals surface area contributed by atoms with Crippen LogP contribution in [0, 0.1) is 5.92 Å². The van der Waals surface area contributed by atoms with Crippen molar-refractivity contribution in [2.45, 2.75) is 64.5 Å². The molecule has 2 amide bonds. The van der Waals surface area contributed by atoms with Crippen molar-refractivity contribution in [3.05, 3.63) is 34.9 Å². The molecule has 38 heavy (non-hydrogen) atoms. The predicted molar refractivity (Wildman–Crippen MR) is 118 cm³/mol. The van der Waals surface area contributed by atoms with Gasteiger partial charge in [0.2, 0.25) is 11.8 Å². The molecule has 0 aromatic heterocycles. The van der Waals surface area contributed by atoms with E-state index in [0.29, 0.717) is 6.07 Å². The molecule has 1 aromatic carbocycles. The Labute approximate surface area is 212 Å². The summed E-state index contributed by atoms with van der Waals surface area (Å²) in [5, 5.41) is 13.5. The predicted octanol–water partition coefficient (Wildman–Crippen LogP) is 3.35. The molecule has 0 heterocycles. The molecule has 3 N–H and O–H groups in total. The summed E-state index contributed by atoms with van der Waals surface area (Å²) in [6.07, 6.45) is -11.8. The molecule has 0 aliphatic carbocycles. The standard InChI is InChI=1S/C23H26F6N2O7/c1-11(2)9-16(30-12(3)32)20(36)31-15(7-8-18(34)35)17(33)10-38-21(37)19-13(22(24,25)26)5-4-6-14(19)23(27,28)29/h4-6,11,15-16H,7-10H2,1-3H3,(H,30,32)(H,31,36)(H,34,35)/t15-,16?/m0/s1. The lowest BCUT2D eigenvalue weighted by molar-refractivity contribution is -0.144. The van der Waals surface area contributed by atoms with E-state index in [2.05, 4.69) is 15.4 Å². The van der Waals surface area contributed by atoms with Gasteiger partial charge in [0.15, 0.2) is 12.4 Å². The topological polar surface area (TPSA) is 139 Å². The number of carboxylic acids is 1. The van der Waals surface area contributed by atoms with E-state index in [1.54, 1.807) is 13.8 Å². The second-order valence-electron chi connectivity index (χ2n) is 8.64. The number of halogens is 6. The Morgan fingerprint density at radius 1 is 0.921 bits per heavy atom. The van der Waals surface area contributed by atoms with Gasteiger partial charge in [-0.3, -0.25) is 19.2 Å². The molecule has 212 valence electrons. The molecule has 0 aliphatic rings. The van der Waals surface area contributed by atoms with E-state index in [9.17, 15) is 50.3 Å². The summed E-state index contributed by atoms with van der Waals surface area (Å²) in [4.78, 5) is 60.0. The highest BCUT2D eigenvalue weighted by Gasteiger charge is 2.43. The van der Waals surface area contributed by atoms with Crippen molar-refractivity contribution < 1.29 is 60.2 Å². The van der Waals surface area contributed by atoms with Gasteiger partial charge < -0.3 is 20.5 Å². The highest BCUT2D eigenvalue weighted by atomic mass is 19.4. The van der Waals surface area contributed by atoms with Crippen LogP contribution in [0.4, 0.5) is 26.3 Å². The summed E-state index contributed by atoms with van der Waals surface area (Å²) in [5.74, 6) is -6.27. The zero-order valence-electron chi connectivity index (χ0n) is 20.5. The fourth-order valence-electron chi connectivity index (χ4n) is 3.36. The van der Waals surface area contributed by atoms with Gasteiger partial charge in [-0.25, -0.2) is 4.79 Å². The van der Waals surface area contributed by atoms with Crippen molar-refractivity contribution in [3.8, 4) is 0 Å². The fraction of sp³-hybridized carbons (Fsp3) is 0.522. The monoisotopic (exact) mass is 556 g/mol. The normalized spacial score (nSPS) is 13.4. The molecule has 1 unspecified atom stereocenters. The summed E-state index contributed by atoms with van der Waals surface area (Å²) >= 11 is 0. The van der Waals surface area contributed by atoms with Crippen molar-refractivity contribution in [1.29, 1.82) is 0 Å². The molecule has 0 fully saturated rings. The number of Topliss-reactive ketones (excluding diaryl/α,β-unsaturated/α-hetero) is 1. The molecule has 0 radical (unpaired) electrons. The van der Waals surface area contributed by atoms with Gasteiger partial charge in [0.25, 0.3) is 0 Å². The Hall–Kier alpha value is -3.65. The second kappa shape index (κ2) is 13.2. The van der Waals surface area contributed by atoms with Gasteiger partial charge in [0, 0.05) is 13.3 Å². The molecule has 15 heteroatoms. The number of esters is 1. The van der Waals surface area contributed by atoms with E-state index < -0.39 is 90.1 Å². The lowest BCUT2D eigenvalue weighted by atomic mass is 10.00. The molecular formula is C23H26F6N2O7. The van der Waals surface area contributed by atoms with Gasteiger partial charge in [-0.2, -0.15) is 26.3 Å². The van der Waals surface area contributed by atoms with Crippen LogP contribution in [-0.4, -0.2) is 53.3 Å². The number of ether oxygens (including phenoxy) is 1. The van der Waals surface area contributed by atoms with Crippen LogP contribution >= 0.6 is 0 Å². The minimum Gasteiger partial charge on any atom is -0.481 e. The van der Waals surface area contributed by atoms with Gasteiger partial charge in [0.1, 0.15) is 6.04 Å². The van der Waals surface area contributed by atoms with Crippen LogP contribution in [0.5, 0.6) is 0 Å². The van der Waals surface area contributed by atoms with Crippen LogP contribution in [0.3, 0.4) is 0 Å². The summed E-state index contributed by atoms with van der Waals surface area (Å²) in [7, 11) is 0. The van der Waals surface area contributed by atoms with Crippen molar-refractivity contribution in [1.82, 2.24) is 10.6 Å². The number of carboxylic acid groups (broad SMARTS) is 1. The van der Waals surface area contributed by atoms with E-state index in [-0.39, 0.29) is 24.5 Å². The molecule has 0 saturated carbocycles. The van der Waals surface area contributed by atoms with Crippen molar-refractivity contribution in [3.63, 3.8) is 0 Å². The number of carbonyl (C=O) groups excluding carboxylic acids is 4. The lowest BCUT2D eigenvalue weighted by Crippen LogP contribution is -2.52. The number of nitrogens with one attached hydrogen (secondary N) is 2. The molecule has 1 aromatic rings. The van der Waals surface area contributed by atoms with Crippen molar-refractivity contribution in [2.75, 3.05) is 6.61 Å². The van der Waals surface area contributed by atoms with Gasteiger partial charge in [-0.15, -0.1) is 0 Å². The zero-order chi connectivity index (χ0) is 29.4. The largest absolute Gasteiger partial charge is 0.481 e. The quantitative estimate of drug-likeness (QED) is 0.265. The highest BCUT2D eigenvalue weighted by Crippen LogP contribution is 2.39. The molecule has 0 saturated heterocycles. The second-order valence-corrected chi connectivity index (χ2v) is 8.64. The first kappa shape index (κ1) is 32.4. The first-order chi connectivity index (χ1) is 17.3.